The van der Waals surface area contributed by atoms with E-state index in [2.05, 4.69) is 37.2 Å². The van der Waals surface area contributed by atoms with Gasteiger partial charge in [-0.3, -0.25) is 9.59 Å². The Morgan fingerprint density at radius 3 is 2.50 bits per heavy atom. The molecule has 1 atom stereocenters. The Labute approximate surface area is 157 Å². The number of nitrogens with one attached hydrogen (secondary N) is 1. The lowest BCUT2D eigenvalue weighted by Crippen LogP contribution is -2.30. The van der Waals surface area contributed by atoms with E-state index in [1.165, 1.54) is 6.08 Å². The molecule has 0 bridgehead atoms. The standard InChI is InChI=1S/C16H20Br2N2O4/c1-24-15-11(17)8-10(9-12(15)18)5-6-14(21)20-7-3-2-4-13(19)16(22)23/h5-6,8-9,13H,2-4,7,19H2,1H3,(H,20,21)(H,22,23). The summed E-state index contributed by atoms with van der Waals surface area (Å²) in [6, 6.07) is 2.86. The smallest absolute Gasteiger partial charge is 0.320 e. The Morgan fingerprint density at radius 2 is 1.96 bits per heavy atom. The van der Waals surface area contributed by atoms with Crippen molar-refractivity contribution in [1.82, 2.24) is 5.32 Å². The Hall–Kier alpha value is -1.38. The summed E-state index contributed by atoms with van der Waals surface area (Å²) in [5, 5.41) is 11.4. The van der Waals surface area contributed by atoms with Gasteiger partial charge in [0.05, 0.1) is 16.1 Å². The van der Waals surface area contributed by atoms with Crippen molar-refractivity contribution in [2.24, 2.45) is 5.73 Å². The maximum absolute atomic E-state index is 11.7. The van der Waals surface area contributed by atoms with Gasteiger partial charge in [-0.2, -0.15) is 0 Å². The number of benzene rings is 1. The summed E-state index contributed by atoms with van der Waals surface area (Å²) in [5.41, 5.74) is 6.25. The molecule has 0 spiro atoms. The van der Waals surface area contributed by atoms with Crippen LogP contribution in [0.15, 0.2) is 27.2 Å². The van der Waals surface area contributed by atoms with Gasteiger partial charge in [0.2, 0.25) is 5.91 Å². The number of amides is 1. The molecule has 24 heavy (non-hydrogen) atoms. The summed E-state index contributed by atoms with van der Waals surface area (Å²) in [4.78, 5) is 22.3. The molecule has 0 fully saturated rings. The predicted molar refractivity (Wildman–Crippen MR) is 99.9 cm³/mol. The number of carbonyl (C=O) groups excluding carboxylic acids is 1. The molecule has 0 aliphatic heterocycles. The fourth-order valence-electron chi connectivity index (χ4n) is 1.93. The van der Waals surface area contributed by atoms with E-state index < -0.39 is 12.0 Å². The summed E-state index contributed by atoms with van der Waals surface area (Å²) in [5.74, 6) is -0.518. The Morgan fingerprint density at radius 1 is 1.33 bits per heavy atom. The van der Waals surface area contributed by atoms with Crippen molar-refractivity contribution in [3.05, 3.63) is 32.7 Å². The summed E-state index contributed by atoms with van der Waals surface area (Å²) in [6.07, 6.45) is 4.87. The van der Waals surface area contributed by atoms with E-state index >= 15 is 0 Å². The highest BCUT2D eigenvalue weighted by Gasteiger charge is 2.10. The van der Waals surface area contributed by atoms with E-state index in [1.807, 2.05) is 12.1 Å². The molecular formula is C16H20Br2N2O4. The number of carboxylic acid groups (broad SMARTS) is 1. The van der Waals surface area contributed by atoms with E-state index in [0.717, 1.165) is 14.5 Å². The molecule has 1 aromatic rings. The maximum atomic E-state index is 11.7. The number of unbranched alkanes of at least 4 members (excludes halogenated alkanes) is 1. The number of carboxylic acids is 1. The van der Waals surface area contributed by atoms with Crippen molar-refractivity contribution < 1.29 is 19.4 Å². The van der Waals surface area contributed by atoms with Crippen molar-refractivity contribution >= 4 is 49.8 Å². The topological polar surface area (TPSA) is 102 Å². The van der Waals surface area contributed by atoms with Crippen molar-refractivity contribution in [3.8, 4) is 5.75 Å². The van der Waals surface area contributed by atoms with Crippen LogP contribution in [0.4, 0.5) is 0 Å². The molecule has 6 nitrogen and oxygen atoms in total. The van der Waals surface area contributed by atoms with Crippen molar-refractivity contribution in [2.45, 2.75) is 25.3 Å². The third-order valence-corrected chi connectivity index (χ3v) is 4.39. The molecule has 0 saturated carbocycles. The molecule has 0 radical (unpaired) electrons. The lowest BCUT2D eigenvalue weighted by Gasteiger charge is -2.07. The molecule has 4 N–H and O–H groups in total. The van der Waals surface area contributed by atoms with Gasteiger partial charge in [-0.05, 0) is 74.9 Å². The molecule has 132 valence electrons. The van der Waals surface area contributed by atoms with Crippen LogP contribution in [0, 0.1) is 0 Å². The summed E-state index contributed by atoms with van der Waals surface area (Å²) < 4.78 is 6.79. The van der Waals surface area contributed by atoms with Crippen LogP contribution in [0.1, 0.15) is 24.8 Å². The number of hydrogen-bond acceptors (Lipinski definition) is 4. The maximum Gasteiger partial charge on any atom is 0.320 e. The predicted octanol–water partition coefficient (Wildman–Crippen LogP) is 2.93. The normalized spacial score (nSPS) is 12.2. The monoisotopic (exact) mass is 462 g/mol. The zero-order valence-electron chi connectivity index (χ0n) is 13.2. The highest BCUT2D eigenvalue weighted by atomic mass is 79.9. The molecule has 0 heterocycles. The van der Waals surface area contributed by atoms with Crippen LogP contribution >= 0.6 is 31.9 Å². The van der Waals surface area contributed by atoms with E-state index in [1.54, 1.807) is 13.2 Å². The second-order valence-corrected chi connectivity index (χ2v) is 6.79. The second-order valence-electron chi connectivity index (χ2n) is 5.08. The third-order valence-electron chi connectivity index (χ3n) is 3.21. The molecule has 1 aromatic carbocycles. The minimum absolute atomic E-state index is 0.208. The van der Waals surface area contributed by atoms with Crippen molar-refractivity contribution in [2.75, 3.05) is 13.7 Å². The Balaban J connectivity index is 2.40. The molecular weight excluding hydrogens is 444 g/mol. The van der Waals surface area contributed by atoms with Crippen molar-refractivity contribution in [3.63, 3.8) is 0 Å². The third kappa shape index (κ3) is 7.02. The SMILES string of the molecule is COc1c(Br)cc(C=CC(=O)NCCCCC(N)C(=O)O)cc1Br. The molecule has 1 unspecified atom stereocenters. The number of nitrogens with two attached hydrogens (primary N) is 1. The number of rotatable bonds is 9. The molecule has 0 aliphatic rings. The van der Waals surface area contributed by atoms with Crippen LogP contribution in [-0.4, -0.2) is 36.7 Å². The highest BCUT2D eigenvalue weighted by molar-refractivity contribution is 9.11. The highest BCUT2D eigenvalue weighted by Crippen LogP contribution is 2.34. The summed E-state index contributed by atoms with van der Waals surface area (Å²) in [7, 11) is 1.58. The van der Waals surface area contributed by atoms with Crippen LogP contribution in [0.25, 0.3) is 6.08 Å². The van der Waals surface area contributed by atoms with E-state index in [9.17, 15) is 9.59 Å². The molecule has 0 aliphatic carbocycles. The van der Waals surface area contributed by atoms with Gasteiger partial charge in [-0.15, -0.1) is 0 Å². The molecule has 1 rings (SSSR count). The average molecular weight is 464 g/mol. The first-order valence-electron chi connectivity index (χ1n) is 7.32. The number of ether oxygens (including phenoxy) is 1. The van der Waals surface area contributed by atoms with Crippen LogP contribution in [-0.2, 0) is 9.59 Å². The number of methoxy groups -OCH3 is 1. The average Bonchev–Trinajstić information content (AvgIpc) is 2.52. The first kappa shape index (κ1) is 20.7. The van der Waals surface area contributed by atoms with Gasteiger partial charge in [-0.25, -0.2) is 0 Å². The van der Waals surface area contributed by atoms with E-state index in [-0.39, 0.29) is 5.91 Å². The number of halogens is 2. The number of carbonyl (C=O) groups is 2. The van der Waals surface area contributed by atoms with Crippen LogP contribution in [0.2, 0.25) is 0 Å². The molecule has 0 saturated heterocycles. The van der Waals surface area contributed by atoms with Crippen LogP contribution in [0.3, 0.4) is 0 Å². The second kappa shape index (κ2) is 10.5. The lowest BCUT2D eigenvalue weighted by molar-refractivity contribution is -0.138. The van der Waals surface area contributed by atoms with E-state index in [0.29, 0.717) is 31.6 Å². The van der Waals surface area contributed by atoms with Crippen molar-refractivity contribution in [1.29, 1.82) is 0 Å². The van der Waals surface area contributed by atoms with Gasteiger partial charge in [-0.1, -0.05) is 0 Å². The van der Waals surface area contributed by atoms with Crippen LogP contribution < -0.4 is 15.8 Å². The molecule has 8 heteroatoms. The van der Waals surface area contributed by atoms with Crippen LogP contribution in [0.5, 0.6) is 5.75 Å². The molecule has 0 aromatic heterocycles. The zero-order chi connectivity index (χ0) is 18.1. The first-order valence-corrected chi connectivity index (χ1v) is 8.91. The Bertz CT molecular complexity index is 597. The van der Waals surface area contributed by atoms with E-state index in [4.69, 9.17) is 15.6 Å². The van der Waals surface area contributed by atoms with Gasteiger partial charge < -0.3 is 20.9 Å². The minimum Gasteiger partial charge on any atom is -0.494 e. The number of aliphatic carboxylic acids is 1. The van der Waals surface area contributed by atoms with Gasteiger partial charge in [0.25, 0.3) is 0 Å². The number of hydrogen-bond donors (Lipinski definition) is 3. The molecule has 1 amide bonds. The van der Waals surface area contributed by atoms with Gasteiger partial charge in [0.1, 0.15) is 11.8 Å². The van der Waals surface area contributed by atoms with Gasteiger partial charge in [0.15, 0.2) is 0 Å². The van der Waals surface area contributed by atoms with Gasteiger partial charge >= 0.3 is 5.97 Å². The Kier molecular flexibility index (Phi) is 9.02. The summed E-state index contributed by atoms with van der Waals surface area (Å²) >= 11 is 6.81. The first-order chi connectivity index (χ1) is 11.3. The zero-order valence-corrected chi connectivity index (χ0v) is 16.4. The minimum atomic E-state index is -1.00. The quantitative estimate of drug-likeness (QED) is 0.386. The van der Waals surface area contributed by atoms with Gasteiger partial charge in [0, 0.05) is 12.6 Å². The fraction of sp³-hybridized carbons (Fsp3) is 0.375. The lowest BCUT2D eigenvalue weighted by atomic mass is 10.1. The largest absolute Gasteiger partial charge is 0.494 e. The summed E-state index contributed by atoms with van der Waals surface area (Å²) in [6.45, 7) is 0.478. The fourth-order valence-corrected chi connectivity index (χ4v) is 3.47.